The van der Waals surface area contributed by atoms with Gasteiger partial charge in [0.2, 0.25) is 0 Å². The van der Waals surface area contributed by atoms with Crippen molar-refractivity contribution in [3.05, 3.63) is 52.2 Å². The molecule has 1 aromatic heterocycles. The number of carbonyl (C=O) groups excluding carboxylic acids is 1. The molecule has 0 aliphatic heterocycles. The molecule has 0 saturated carbocycles. The van der Waals surface area contributed by atoms with Gasteiger partial charge < -0.3 is 4.74 Å². The Bertz CT molecular complexity index is 532. The topological polar surface area (TPSA) is 26.3 Å². The molecule has 0 unspecified atom stereocenters. The maximum Gasteiger partial charge on any atom is 0.172 e. The van der Waals surface area contributed by atoms with E-state index in [0.717, 1.165) is 23.1 Å². The van der Waals surface area contributed by atoms with Crippen LogP contribution in [0.4, 0.5) is 8.78 Å². The van der Waals surface area contributed by atoms with Crippen molar-refractivity contribution in [2.75, 3.05) is 6.61 Å². The SMILES string of the molecule is O=C(CCCOc1cc(F)cc(F)c1)c1cccs1. The number of halogens is 2. The molecule has 2 rings (SSSR count). The Hall–Kier alpha value is -1.75. The molecule has 2 aromatic rings. The van der Waals surface area contributed by atoms with Crippen molar-refractivity contribution in [3.8, 4) is 5.75 Å². The molecule has 1 aromatic carbocycles. The smallest absolute Gasteiger partial charge is 0.172 e. The highest BCUT2D eigenvalue weighted by Crippen LogP contribution is 2.16. The minimum absolute atomic E-state index is 0.0593. The van der Waals surface area contributed by atoms with Gasteiger partial charge >= 0.3 is 0 Å². The zero-order chi connectivity index (χ0) is 13.7. The number of hydrogen-bond acceptors (Lipinski definition) is 3. The molecule has 19 heavy (non-hydrogen) atoms. The minimum atomic E-state index is -0.676. The van der Waals surface area contributed by atoms with E-state index < -0.39 is 11.6 Å². The number of carbonyl (C=O) groups is 1. The Kier molecular flexibility index (Phi) is 4.63. The first-order valence-electron chi connectivity index (χ1n) is 5.81. The van der Waals surface area contributed by atoms with Crippen LogP contribution in [0.25, 0.3) is 0 Å². The molecule has 0 bridgehead atoms. The van der Waals surface area contributed by atoms with Gasteiger partial charge in [0, 0.05) is 24.6 Å². The number of Topliss-reactive ketones (excluding diaryl/α,β-unsaturated/α-hetero) is 1. The van der Waals surface area contributed by atoms with E-state index in [1.165, 1.54) is 11.3 Å². The normalized spacial score (nSPS) is 10.4. The van der Waals surface area contributed by atoms with Crippen molar-refractivity contribution >= 4 is 17.1 Å². The summed E-state index contributed by atoms with van der Waals surface area (Å²) in [7, 11) is 0. The van der Waals surface area contributed by atoms with Crippen molar-refractivity contribution in [2.24, 2.45) is 0 Å². The zero-order valence-corrected chi connectivity index (χ0v) is 10.9. The van der Waals surface area contributed by atoms with Crippen molar-refractivity contribution in [1.82, 2.24) is 0 Å². The standard InChI is InChI=1S/C14H12F2O2S/c15-10-7-11(16)9-12(8-10)18-5-1-3-13(17)14-4-2-6-19-14/h2,4,6-9H,1,3,5H2. The largest absolute Gasteiger partial charge is 0.493 e. The van der Waals surface area contributed by atoms with Gasteiger partial charge in [-0.05, 0) is 17.9 Å². The number of ether oxygens (including phenoxy) is 1. The average molecular weight is 282 g/mol. The van der Waals surface area contributed by atoms with Gasteiger partial charge in [0.25, 0.3) is 0 Å². The lowest BCUT2D eigenvalue weighted by Crippen LogP contribution is -2.03. The summed E-state index contributed by atoms with van der Waals surface area (Å²) in [5, 5.41) is 1.85. The first-order chi connectivity index (χ1) is 9.15. The predicted octanol–water partition coefficient (Wildman–Crippen LogP) is 4.07. The first kappa shape index (κ1) is 13.7. The van der Waals surface area contributed by atoms with Crippen LogP contribution >= 0.6 is 11.3 Å². The third kappa shape index (κ3) is 4.13. The summed E-state index contributed by atoms with van der Waals surface area (Å²) < 4.78 is 31.0. The van der Waals surface area contributed by atoms with E-state index in [2.05, 4.69) is 0 Å². The highest BCUT2D eigenvalue weighted by atomic mass is 32.1. The Morgan fingerprint density at radius 3 is 2.58 bits per heavy atom. The number of hydrogen-bond donors (Lipinski definition) is 0. The molecule has 0 spiro atoms. The maximum atomic E-state index is 12.9. The average Bonchev–Trinajstić information content (AvgIpc) is 2.87. The van der Waals surface area contributed by atoms with Gasteiger partial charge in [-0.3, -0.25) is 4.79 Å². The molecule has 100 valence electrons. The number of rotatable bonds is 6. The quantitative estimate of drug-likeness (QED) is 0.589. The summed E-state index contributed by atoms with van der Waals surface area (Å²) in [6.07, 6.45) is 0.868. The van der Waals surface area contributed by atoms with Crippen LogP contribution in [0.5, 0.6) is 5.75 Å². The Labute approximate surface area is 113 Å². The monoisotopic (exact) mass is 282 g/mol. The van der Waals surface area contributed by atoms with E-state index in [9.17, 15) is 13.6 Å². The fourth-order valence-corrected chi connectivity index (χ4v) is 2.29. The second-order valence-electron chi connectivity index (χ2n) is 3.96. The van der Waals surface area contributed by atoms with Gasteiger partial charge in [-0.2, -0.15) is 0 Å². The molecule has 0 saturated heterocycles. The zero-order valence-electron chi connectivity index (χ0n) is 10.1. The molecule has 0 aliphatic carbocycles. The van der Waals surface area contributed by atoms with Crippen molar-refractivity contribution in [3.63, 3.8) is 0 Å². The minimum Gasteiger partial charge on any atom is -0.493 e. The summed E-state index contributed by atoms with van der Waals surface area (Å²) in [5.41, 5.74) is 0. The van der Waals surface area contributed by atoms with Crippen LogP contribution in [0.15, 0.2) is 35.7 Å². The summed E-state index contributed by atoms with van der Waals surface area (Å²) in [6, 6.07) is 6.61. The molecule has 0 amide bonds. The van der Waals surface area contributed by atoms with E-state index in [-0.39, 0.29) is 18.1 Å². The fraction of sp³-hybridized carbons (Fsp3) is 0.214. The lowest BCUT2D eigenvalue weighted by atomic mass is 10.2. The molecule has 1 heterocycles. The molecule has 0 N–H and O–H groups in total. The maximum absolute atomic E-state index is 12.9. The van der Waals surface area contributed by atoms with E-state index >= 15 is 0 Å². The van der Waals surface area contributed by atoms with Crippen LogP contribution in [0, 0.1) is 11.6 Å². The highest BCUT2D eigenvalue weighted by molar-refractivity contribution is 7.12. The second-order valence-corrected chi connectivity index (χ2v) is 4.91. The Balaban J connectivity index is 1.76. The molecule has 5 heteroatoms. The van der Waals surface area contributed by atoms with E-state index in [1.807, 2.05) is 11.4 Å². The third-order valence-corrected chi connectivity index (χ3v) is 3.36. The highest BCUT2D eigenvalue weighted by Gasteiger charge is 2.07. The first-order valence-corrected chi connectivity index (χ1v) is 6.69. The van der Waals surface area contributed by atoms with Gasteiger partial charge in [0.1, 0.15) is 17.4 Å². The van der Waals surface area contributed by atoms with Gasteiger partial charge in [-0.1, -0.05) is 6.07 Å². The molecule has 0 fully saturated rings. The molecule has 0 radical (unpaired) electrons. The van der Waals surface area contributed by atoms with Crippen LogP contribution in [0.1, 0.15) is 22.5 Å². The molecular formula is C14H12F2O2S. The van der Waals surface area contributed by atoms with Gasteiger partial charge in [-0.25, -0.2) is 8.78 Å². The summed E-state index contributed by atoms with van der Waals surface area (Å²) >= 11 is 1.40. The van der Waals surface area contributed by atoms with Crippen molar-refractivity contribution in [1.29, 1.82) is 0 Å². The lowest BCUT2D eigenvalue weighted by Gasteiger charge is -2.05. The Morgan fingerprint density at radius 1 is 1.21 bits per heavy atom. The number of benzene rings is 1. The Morgan fingerprint density at radius 2 is 1.95 bits per heavy atom. The molecule has 2 nitrogen and oxygen atoms in total. The number of ketones is 1. The molecular weight excluding hydrogens is 270 g/mol. The van der Waals surface area contributed by atoms with Crippen LogP contribution < -0.4 is 4.74 Å². The van der Waals surface area contributed by atoms with Crippen LogP contribution in [-0.4, -0.2) is 12.4 Å². The second kappa shape index (κ2) is 6.43. The van der Waals surface area contributed by atoms with Gasteiger partial charge in [0.05, 0.1) is 11.5 Å². The van der Waals surface area contributed by atoms with Crippen LogP contribution in [0.2, 0.25) is 0 Å². The van der Waals surface area contributed by atoms with Crippen molar-refractivity contribution < 1.29 is 18.3 Å². The predicted molar refractivity (Wildman–Crippen MR) is 69.7 cm³/mol. The van der Waals surface area contributed by atoms with Gasteiger partial charge in [-0.15, -0.1) is 11.3 Å². The van der Waals surface area contributed by atoms with E-state index in [0.29, 0.717) is 12.8 Å². The van der Waals surface area contributed by atoms with Gasteiger partial charge in [0.15, 0.2) is 5.78 Å². The molecule has 0 atom stereocenters. The summed E-state index contributed by atoms with van der Waals surface area (Å²) in [5.74, 6) is -1.15. The van der Waals surface area contributed by atoms with Crippen LogP contribution in [0.3, 0.4) is 0 Å². The van der Waals surface area contributed by atoms with E-state index in [4.69, 9.17) is 4.74 Å². The van der Waals surface area contributed by atoms with Crippen LogP contribution in [-0.2, 0) is 0 Å². The fourth-order valence-electron chi connectivity index (χ4n) is 1.60. The van der Waals surface area contributed by atoms with Crippen molar-refractivity contribution in [2.45, 2.75) is 12.8 Å². The summed E-state index contributed by atoms with van der Waals surface area (Å²) in [6.45, 7) is 0.250. The third-order valence-electron chi connectivity index (χ3n) is 2.45. The van der Waals surface area contributed by atoms with E-state index in [1.54, 1.807) is 6.07 Å². The summed E-state index contributed by atoms with van der Waals surface area (Å²) in [4.78, 5) is 12.4. The molecule has 0 aliphatic rings. The lowest BCUT2D eigenvalue weighted by molar-refractivity contribution is 0.0977. The number of thiophene rings is 1.